The molecule has 2 nitrogen and oxygen atoms in total. The van der Waals surface area contributed by atoms with Crippen LogP contribution in [-0.2, 0) is 0 Å². The molecule has 2 heterocycles. The predicted molar refractivity (Wildman–Crippen MR) is 67.7 cm³/mol. The van der Waals surface area contributed by atoms with Crippen molar-refractivity contribution in [2.45, 2.75) is 39.5 Å². The molecule has 0 saturated heterocycles. The van der Waals surface area contributed by atoms with Crippen LogP contribution in [0.4, 0.5) is 0 Å². The molecule has 2 rings (SSSR count). The third kappa shape index (κ3) is 1.92. The summed E-state index contributed by atoms with van der Waals surface area (Å²) in [5, 5.41) is 2.43. The Hall–Kier alpha value is -1.44. The number of fused-ring (bicyclic) bond motifs is 1. The van der Waals surface area contributed by atoms with Crippen LogP contribution in [-0.4, -0.2) is 9.97 Å². The van der Waals surface area contributed by atoms with Crippen molar-refractivity contribution in [3.63, 3.8) is 0 Å². The van der Waals surface area contributed by atoms with Gasteiger partial charge in [-0.25, -0.2) is 0 Å². The summed E-state index contributed by atoms with van der Waals surface area (Å²) in [5.41, 5.74) is 2.34. The lowest BCUT2D eigenvalue weighted by Gasteiger charge is -2.13. The van der Waals surface area contributed by atoms with E-state index in [9.17, 15) is 0 Å². The molecule has 2 aromatic rings. The highest BCUT2D eigenvalue weighted by Gasteiger charge is 2.10. The molecule has 0 aliphatic carbocycles. The Labute approximate surface area is 96.7 Å². The third-order valence-corrected chi connectivity index (χ3v) is 2.82. The summed E-state index contributed by atoms with van der Waals surface area (Å²) in [5.74, 6) is 0.908. The van der Waals surface area contributed by atoms with Crippen LogP contribution in [0, 0.1) is 0 Å². The van der Waals surface area contributed by atoms with Crippen LogP contribution in [0.3, 0.4) is 0 Å². The molecule has 2 aromatic heterocycles. The summed E-state index contributed by atoms with van der Waals surface area (Å²) >= 11 is 0. The van der Waals surface area contributed by atoms with Crippen molar-refractivity contribution >= 4 is 10.8 Å². The van der Waals surface area contributed by atoms with Crippen molar-refractivity contribution in [3.05, 3.63) is 35.9 Å². The van der Waals surface area contributed by atoms with Crippen molar-refractivity contribution in [3.8, 4) is 0 Å². The van der Waals surface area contributed by atoms with E-state index in [2.05, 4.69) is 44.8 Å². The number of hydrogen-bond donors (Lipinski definition) is 0. The monoisotopic (exact) mass is 214 g/mol. The van der Waals surface area contributed by atoms with Gasteiger partial charge in [-0.2, -0.15) is 0 Å². The smallest absolute Gasteiger partial charge is 0.0511 e. The van der Waals surface area contributed by atoms with Crippen molar-refractivity contribution in [2.24, 2.45) is 0 Å². The fourth-order valence-corrected chi connectivity index (χ4v) is 1.88. The maximum Gasteiger partial charge on any atom is 0.0511 e. The molecule has 0 bridgehead atoms. The number of rotatable bonds is 2. The standard InChI is InChI=1S/C14H18N2/c1-9(2)13-7-11-8-15-6-5-12(11)14(16-13)10(3)4/h5-10H,1-4H3. The molecule has 0 amide bonds. The maximum atomic E-state index is 4.77. The van der Waals surface area contributed by atoms with Crippen molar-refractivity contribution in [1.29, 1.82) is 0 Å². The van der Waals surface area contributed by atoms with Gasteiger partial charge in [-0.05, 0) is 24.0 Å². The van der Waals surface area contributed by atoms with E-state index in [1.54, 1.807) is 0 Å². The second-order valence-corrected chi connectivity index (χ2v) is 4.84. The first-order valence-electron chi connectivity index (χ1n) is 5.84. The van der Waals surface area contributed by atoms with E-state index in [1.807, 2.05) is 12.4 Å². The first kappa shape index (κ1) is 11.1. The first-order chi connectivity index (χ1) is 7.59. The number of hydrogen-bond acceptors (Lipinski definition) is 2. The minimum absolute atomic E-state index is 0.448. The lowest BCUT2D eigenvalue weighted by Crippen LogP contribution is -2.01. The Morgan fingerprint density at radius 2 is 1.81 bits per heavy atom. The van der Waals surface area contributed by atoms with Crippen LogP contribution >= 0.6 is 0 Å². The van der Waals surface area contributed by atoms with Crippen LogP contribution < -0.4 is 0 Å². The SMILES string of the molecule is CC(C)c1cc2cnccc2c(C(C)C)n1. The summed E-state index contributed by atoms with van der Waals surface area (Å²) in [6.45, 7) is 8.72. The van der Waals surface area contributed by atoms with Gasteiger partial charge in [0.25, 0.3) is 0 Å². The molecular formula is C14H18N2. The molecule has 0 radical (unpaired) electrons. The summed E-state index contributed by atoms with van der Waals surface area (Å²) < 4.78 is 0. The second-order valence-electron chi connectivity index (χ2n) is 4.84. The summed E-state index contributed by atoms with van der Waals surface area (Å²) in [6.07, 6.45) is 3.76. The van der Waals surface area contributed by atoms with Crippen molar-refractivity contribution in [2.75, 3.05) is 0 Å². The van der Waals surface area contributed by atoms with Crippen LogP contribution in [0.1, 0.15) is 50.9 Å². The zero-order valence-corrected chi connectivity index (χ0v) is 10.4. The maximum absolute atomic E-state index is 4.77. The predicted octanol–water partition coefficient (Wildman–Crippen LogP) is 3.88. The van der Waals surface area contributed by atoms with Gasteiger partial charge in [0.05, 0.1) is 5.69 Å². The van der Waals surface area contributed by atoms with Gasteiger partial charge in [-0.15, -0.1) is 0 Å². The van der Waals surface area contributed by atoms with Gasteiger partial charge in [0.2, 0.25) is 0 Å². The third-order valence-electron chi connectivity index (χ3n) is 2.82. The molecule has 0 spiro atoms. The van der Waals surface area contributed by atoms with Gasteiger partial charge in [0.15, 0.2) is 0 Å². The molecule has 2 heteroatoms. The molecule has 0 unspecified atom stereocenters. The van der Waals surface area contributed by atoms with Gasteiger partial charge < -0.3 is 0 Å². The molecule has 0 atom stereocenters. The number of pyridine rings is 2. The topological polar surface area (TPSA) is 25.8 Å². The minimum atomic E-state index is 0.448. The highest BCUT2D eigenvalue weighted by Crippen LogP contribution is 2.26. The Bertz CT molecular complexity index is 501. The summed E-state index contributed by atoms with van der Waals surface area (Å²) in [6, 6.07) is 4.21. The Morgan fingerprint density at radius 3 is 2.44 bits per heavy atom. The van der Waals surface area contributed by atoms with Gasteiger partial charge in [-0.3, -0.25) is 9.97 Å². The first-order valence-corrected chi connectivity index (χ1v) is 5.84. The van der Waals surface area contributed by atoms with Crippen LogP contribution in [0.25, 0.3) is 10.8 Å². The highest BCUT2D eigenvalue weighted by atomic mass is 14.7. The molecule has 84 valence electrons. The Morgan fingerprint density at radius 1 is 1.06 bits per heavy atom. The van der Waals surface area contributed by atoms with E-state index < -0.39 is 0 Å². The summed E-state index contributed by atoms with van der Waals surface area (Å²) in [4.78, 5) is 8.96. The lowest BCUT2D eigenvalue weighted by molar-refractivity contribution is 0.774. The van der Waals surface area contributed by atoms with E-state index in [4.69, 9.17) is 4.98 Å². The van der Waals surface area contributed by atoms with E-state index in [0.717, 1.165) is 5.69 Å². The van der Waals surface area contributed by atoms with Crippen LogP contribution in [0.5, 0.6) is 0 Å². The molecule has 0 aliphatic heterocycles. The normalized spacial score (nSPS) is 11.6. The van der Waals surface area contributed by atoms with Gasteiger partial charge in [0.1, 0.15) is 0 Å². The molecule has 16 heavy (non-hydrogen) atoms. The van der Waals surface area contributed by atoms with Gasteiger partial charge >= 0.3 is 0 Å². The Balaban J connectivity index is 2.74. The molecule has 0 fully saturated rings. The van der Waals surface area contributed by atoms with Crippen LogP contribution in [0.2, 0.25) is 0 Å². The molecule has 0 aromatic carbocycles. The van der Waals surface area contributed by atoms with Gasteiger partial charge in [0, 0.05) is 28.9 Å². The number of aromatic nitrogens is 2. The summed E-state index contributed by atoms with van der Waals surface area (Å²) in [7, 11) is 0. The minimum Gasteiger partial charge on any atom is -0.264 e. The number of nitrogens with zero attached hydrogens (tertiary/aromatic N) is 2. The highest BCUT2D eigenvalue weighted by molar-refractivity contribution is 5.84. The van der Waals surface area contributed by atoms with Gasteiger partial charge in [-0.1, -0.05) is 27.7 Å². The average Bonchev–Trinajstić information content (AvgIpc) is 2.27. The van der Waals surface area contributed by atoms with E-state index in [1.165, 1.54) is 16.5 Å². The fraction of sp³-hybridized carbons (Fsp3) is 0.429. The molecular weight excluding hydrogens is 196 g/mol. The van der Waals surface area contributed by atoms with Crippen molar-refractivity contribution < 1.29 is 0 Å². The van der Waals surface area contributed by atoms with Crippen LogP contribution in [0.15, 0.2) is 24.5 Å². The molecule has 0 N–H and O–H groups in total. The van der Waals surface area contributed by atoms with E-state index in [-0.39, 0.29) is 0 Å². The molecule has 0 saturated carbocycles. The van der Waals surface area contributed by atoms with Crippen molar-refractivity contribution in [1.82, 2.24) is 9.97 Å². The van der Waals surface area contributed by atoms with E-state index >= 15 is 0 Å². The fourth-order valence-electron chi connectivity index (χ4n) is 1.88. The molecule has 0 aliphatic rings. The largest absolute Gasteiger partial charge is 0.264 e. The lowest BCUT2D eigenvalue weighted by atomic mass is 10.00. The Kier molecular flexibility index (Phi) is 2.90. The average molecular weight is 214 g/mol. The zero-order chi connectivity index (χ0) is 11.7. The van der Waals surface area contributed by atoms with E-state index in [0.29, 0.717) is 11.8 Å². The second kappa shape index (κ2) is 4.20. The quantitative estimate of drug-likeness (QED) is 0.758. The zero-order valence-electron chi connectivity index (χ0n) is 10.4.